The predicted molar refractivity (Wildman–Crippen MR) is 128 cm³/mol. The minimum absolute atomic E-state index is 0.00869. The van der Waals surface area contributed by atoms with Crippen molar-refractivity contribution in [2.24, 2.45) is 10.9 Å². The number of hydrogen-bond donors (Lipinski definition) is 2. The molecule has 4 rings (SSSR count). The molecule has 1 unspecified atom stereocenters. The molecule has 2 aliphatic heterocycles. The molecule has 0 aliphatic carbocycles. The quantitative estimate of drug-likeness (QED) is 0.679. The Bertz CT molecular complexity index is 1070. The summed E-state index contributed by atoms with van der Waals surface area (Å²) >= 11 is 0. The Morgan fingerprint density at radius 1 is 1.27 bits per heavy atom. The minimum Gasteiger partial charge on any atom is -0.390 e. The number of benzene rings is 1. The van der Waals surface area contributed by atoms with Gasteiger partial charge in [0.05, 0.1) is 31.5 Å². The fraction of sp³-hybridized carbons (Fsp3) is 0.423. The number of rotatable bonds is 7. The van der Waals surface area contributed by atoms with Crippen LogP contribution >= 0.6 is 0 Å². The van der Waals surface area contributed by atoms with Gasteiger partial charge in [-0.05, 0) is 41.5 Å². The average molecular weight is 450 g/mol. The molecule has 174 valence electrons. The van der Waals surface area contributed by atoms with Crippen LogP contribution in [-0.2, 0) is 16.0 Å². The molecule has 0 spiro atoms. The summed E-state index contributed by atoms with van der Waals surface area (Å²) in [7, 11) is 0. The first kappa shape index (κ1) is 23.1. The summed E-state index contributed by atoms with van der Waals surface area (Å²) in [6, 6.07) is 11.2. The number of amides is 1. The van der Waals surface area contributed by atoms with Crippen LogP contribution in [0.5, 0.6) is 0 Å². The van der Waals surface area contributed by atoms with E-state index in [0.717, 1.165) is 35.1 Å². The van der Waals surface area contributed by atoms with Crippen molar-refractivity contribution in [3.8, 4) is 0 Å². The number of aliphatic imine (C=N–C) groups is 1. The maximum atomic E-state index is 13.0. The monoisotopic (exact) mass is 449 g/mol. The Morgan fingerprint density at radius 2 is 2.12 bits per heavy atom. The molecule has 1 aromatic carbocycles. The van der Waals surface area contributed by atoms with Gasteiger partial charge < -0.3 is 19.7 Å². The Morgan fingerprint density at radius 3 is 2.85 bits per heavy atom. The number of aromatic nitrogens is 1. The van der Waals surface area contributed by atoms with E-state index in [-0.39, 0.29) is 23.4 Å². The number of nitrogens with one attached hydrogen (secondary N) is 1. The van der Waals surface area contributed by atoms with Gasteiger partial charge in [0.15, 0.2) is 0 Å². The molecular weight excluding hydrogens is 418 g/mol. The van der Waals surface area contributed by atoms with E-state index in [0.29, 0.717) is 32.6 Å². The minimum atomic E-state index is -0.548. The van der Waals surface area contributed by atoms with Gasteiger partial charge in [-0.15, -0.1) is 0 Å². The smallest absolute Gasteiger partial charge is 0.247 e. The lowest BCUT2D eigenvalue weighted by Gasteiger charge is -2.33. The number of carbonyl (C=O) groups is 1. The van der Waals surface area contributed by atoms with Crippen LogP contribution in [-0.4, -0.2) is 53.1 Å². The van der Waals surface area contributed by atoms with E-state index >= 15 is 0 Å². The van der Waals surface area contributed by atoms with E-state index in [2.05, 4.69) is 24.1 Å². The van der Waals surface area contributed by atoms with E-state index in [1.54, 1.807) is 23.5 Å². The second-order valence-electron chi connectivity index (χ2n) is 8.68. The zero-order valence-corrected chi connectivity index (χ0v) is 18.9. The molecule has 1 amide bonds. The van der Waals surface area contributed by atoms with Gasteiger partial charge in [0.2, 0.25) is 11.5 Å². The molecule has 0 bridgehead atoms. The summed E-state index contributed by atoms with van der Waals surface area (Å²) in [6.45, 7) is 3.50. The van der Waals surface area contributed by atoms with Gasteiger partial charge in [0.25, 0.3) is 0 Å². The highest BCUT2D eigenvalue weighted by atomic mass is 16.5. The first-order chi connectivity index (χ1) is 16.0. The van der Waals surface area contributed by atoms with Gasteiger partial charge in [0, 0.05) is 31.3 Å². The highest BCUT2D eigenvalue weighted by molar-refractivity contribution is 5.90. The summed E-state index contributed by atoms with van der Waals surface area (Å²) in [5, 5.41) is 10.2. The Kier molecular flexibility index (Phi) is 7.52. The fourth-order valence-corrected chi connectivity index (χ4v) is 4.51. The molecule has 7 nitrogen and oxygen atoms in total. The third-order valence-electron chi connectivity index (χ3n) is 6.33. The Labute approximate surface area is 193 Å². The number of H-pyrrole nitrogens is 1. The van der Waals surface area contributed by atoms with Crippen LogP contribution in [0.4, 0.5) is 0 Å². The first-order valence-electron chi connectivity index (χ1n) is 11.6. The van der Waals surface area contributed by atoms with Gasteiger partial charge in [0.1, 0.15) is 0 Å². The van der Waals surface area contributed by atoms with Crippen molar-refractivity contribution in [2.45, 2.75) is 44.8 Å². The topological polar surface area (TPSA) is 95.0 Å². The SMILES string of the molecule is CC/C=C(/Cc1ccc(=O)[nH]c1)c1ccccc1C1CC(=O)N(C[C@H]2CCOC[C@@H]2O)C=N1. The number of nitrogens with zero attached hydrogens (tertiary/aromatic N) is 2. The third kappa shape index (κ3) is 5.67. The fourth-order valence-electron chi connectivity index (χ4n) is 4.51. The molecular formula is C26H31N3O4. The second kappa shape index (κ2) is 10.7. The molecule has 33 heavy (non-hydrogen) atoms. The molecule has 2 N–H and O–H groups in total. The van der Waals surface area contributed by atoms with Crippen LogP contribution in [0.25, 0.3) is 5.57 Å². The summed E-state index contributed by atoms with van der Waals surface area (Å²) in [4.78, 5) is 33.5. The molecule has 7 heteroatoms. The van der Waals surface area contributed by atoms with Crippen LogP contribution in [0.2, 0.25) is 0 Å². The molecule has 1 saturated heterocycles. The van der Waals surface area contributed by atoms with Crippen molar-refractivity contribution in [3.05, 3.63) is 75.7 Å². The maximum absolute atomic E-state index is 13.0. The maximum Gasteiger partial charge on any atom is 0.247 e. The predicted octanol–water partition coefficient (Wildman–Crippen LogP) is 3.11. The van der Waals surface area contributed by atoms with Gasteiger partial charge in [-0.2, -0.15) is 0 Å². The van der Waals surface area contributed by atoms with Crippen LogP contribution in [0.15, 0.2) is 58.5 Å². The molecule has 1 aromatic heterocycles. The molecule has 1 fully saturated rings. The van der Waals surface area contributed by atoms with Crippen molar-refractivity contribution >= 4 is 17.8 Å². The number of hydrogen-bond acceptors (Lipinski definition) is 5. The zero-order chi connectivity index (χ0) is 23.2. The molecule has 2 aromatic rings. The first-order valence-corrected chi connectivity index (χ1v) is 11.6. The van der Waals surface area contributed by atoms with Crippen molar-refractivity contribution in [1.29, 1.82) is 0 Å². The van der Waals surface area contributed by atoms with Crippen LogP contribution in [0.1, 0.15) is 48.9 Å². The van der Waals surface area contributed by atoms with Crippen molar-refractivity contribution in [1.82, 2.24) is 9.88 Å². The van der Waals surface area contributed by atoms with E-state index < -0.39 is 6.10 Å². The number of aliphatic hydroxyl groups is 1. The van der Waals surface area contributed by atoms with Crippen molar-refractivity contribution in [3.63, 3.8) is 0 Å². The van der Waals surface area contributed by atoms with Crippen LogP contribution < -0.4 is 5.56 Å². The van der Waals surface area contributed by atoms with E-state index in [4.69, 9.17) is 9.73 Å². The second-order valence-corrected chi connectivity index (χ2v) is 8.68. The average Bonchev–Trinajstić information content (AvgIpc) is 2.83. The number of carbonyl (C=O) groups excluding carboxylic acids is 1. The Hall–Kier alpha value is -3.03. The van der Waals surface area contributed by atoms with Crippen molar-refractivity contribution < 1.29 is 14.6 Å². The summed E-state index contributed by atoms with van der Waals surface area (Å²) in [6.07, 6.45) is 7.62. The standard InChI is InChI=1S/C26H31N3O4/c1-2-5-19(12-18-8-9-25(31)27-14-18)21-6-3-4-7-22(21)23-13-26(32)29(17-28-23)15-20-10-11-33-16-24(20)30/h3-9,14,17,20,23-24,30H,2,10-13,15-16H2,1H3,(H,27,31)/b19-5-/t20-,23?,24+/m1/s1. The number of aliphatic hydroxyl groups excluding tert-OH is 1. The molecule has 2 aliphatic rings. The Balaban J connectivity index is 1.55. The van der Waals surface area contributed by atoms with Gasteiger partial charge in [-0.25, -0.2) is 0 Å². The van der Waals surface area contributed by atoms with Gasteiger partial charge in [-0.1, -0.05) is 43.3 Å². The van der Waals surface area contributed by atoms with E-state index in [1.807, 2.05) is 24.3 Å². The summed E-state index contributed by atoms with van der Waals surface area (Å²) in [5.41, 5.74) is 4.16. The normalized spacial score (nSPS) is 23.7. The molecule has 0 saturated carbocycles. The number of pyridine rings is 1. The van der Waals surface area contributed by atoms with E-state index in [9.17, 15) is 14.7 Å². The van der Waals surface area contributed by atoms with E-state index in [1.165, 1.54) is 0 Å². The lowest BCUT2D eigenvalue weighted by Crippen LogP contribution is -2.44. The lowest BCUT2D eigenvalue weighted by molar-refractivity contribution is -0.130. The summed E-state index contributed by atoms with van der Waals surface area (Å²) < 4.78 is 5.30. The largest absolute Gasteiger partial charge is 0.390 e. The number of aromatic amines is 1. The van der Waals surface area contributed by atoms with Gasteiger partial charge in [-0.3, -0.25) is 14.6 Å². The number of allylic oxidation sites excluding steroid dienone is 2. The molecule has 0 radical (unpaired) electrons. The van der Waals surface area contributed by atoms with Crippen molar-refractivity contribution in [2.75, 3.05) is 19.8 Å². The molecule has 3 atom stereocenters. The van der Waals surface area contributed by atoms with Crippen LogP contribution in [0, 0.1) is 5.92 Å². The lowest BCUT2D eigenvalue weighted by atomic mass is 9.89. The number of ether oxygens (including phenoxy) is 1. The molecule has 3 heterocycles. The van der Waals surface area contributed by atoms with Crippen LogP contribution in [0.3, 0.4) is 0 Å². The highest BCUT2D eigenvalue weighted by Gasteiger charge is 2.31. The highest BCUT2D eigenvalue weighted by Crippen LogP contribution is 2.33. The third-order valence-corrected chi connectivity index (χ3v) is 6.33. The summed E-state index contributed by atoms with van der Waals surface area (Å²) in [5.74, 6) is 0.0274. The van der Waals surface area contributed by atoms with Gasteiger partial charge >= 0.3 is 0 Å². The zero-order valence-electron chi connectivity index (χ0n) is 18.9.